The van der Waals surface area contributed by atoms with E-state index in [-0.39, 0.29) is 0 Å². The lowest BCUT2D eigenvalue weighted by Crippen LogP contribution is -2.68. The van der Waals surface area contributed by atoms with Crippen LogP contribution in [0.1, 0.15) is 10.4 Å². The van der Waals surface area contributed by atoms with Crippen LogP contribution in [0.25, 0.3) is 10.4 Å². The molecule has 1 saturated heterocycles. The Morgan fingerprint density at radius 1 is 1.00 bits per heavy atom. The highest BCUT2D eigenvalue weighted by Crippen LogP contribution is 2.40. The zero-order valence-electron chi connectivity index (χ0n) is 12.0. The maximum atomic E-state index is 8.49. The highest BCUT2D eigenvalue weighted by molar-refractivity contribution is 7.29. The molecule has 23 heavy (non-hydrogen) atoms. The van der Waals surface area contributed by atoms with Gasteiger partial charge in [-0.25, -0.2) is 23.2 Å². The summed E-state index contributed by atoms with van der Waals surface area (Å²) in [7, 11) is -4.94. The molecule has 6 nitrogen and oxygen atoms in total. The molecule has 0 saturated carbocycles. The molecule has 9 heteroatoms. The molecule has 0 radical (unpaired) electrons. The molecule has 2 heterocycles. The van der Waals surface area contributed by atoms with Crippen LogP contribution < -0.4 is 27.2 Å². The number of benzene rings is 1. The second-order valence-electron chi connectivity index (χ2n) is 5.03. The normalized spacial score (nSPS) is 16.4. The van der Waals surface area contributed by atoms with Crippen molar-refractivity contribution in [1.82, 2.24) is 4.58 Å². The number of halogens is 1. The van der Waals surface area contributed by atoms with Gasteiger partial charge in [-0.05, 0) is 11.1 Å². The van der Waals surface area contributed by atoms with Crippen molar-refractivity contribution < 1.29 is 33.6 Å². The van der Waals surface area contributed by atoms with Crippen molar-refractivity contribution in [3.8, 4) is 10.4 Å². The van der Waals surface area contributed by atoms with Crippen molar-refractivity contribution in [3.63, 3.8) is 0 Å². The molecule has 1 fully saturated rings. The van der Waals surface area contributed by atoms with Gasteiger partial charge in [0.25, 0.3) is 0 Å². The highest BCUT2D eigenvalue weighted by Gasteiger charge is 2.24. The van der Waals surface area contributed by atoms with Gasteiger partial charge in [0.1, 0.15) is 13.2 Å². The van der Waals surface area contributed by atoms with Gasteiger partial charge < -0.3 is 4.74 Å². The van der Waals surface area contributed by atoms with Crippen molar-refractivity contribution in [3.05, 3.63) is 38.7 Å². The van der Waals surface area contributed by atoms with E-state index in [1.54, 1.807) is 4.88 Å². The standard InChI is InChI=1S/C14H14NOS2.ClHO4/c1-2-4-11-10(3-1)9-12-13(11)18-14(17-12)15-5-7-16-8-6-15;2-1(3,4)5/h1-4H,5-9H2;(H,2,3,4,5)/q+1;/p-1. The lowest BCUT2D eigenvalue weighted by Gasteiger charge is -2.17. The highest BCUT2D eigenvalue weighted by atomic mass is 35.7. The molecule has 2 aromatic rings. The fraction of sp³-hybridized carbons (Fsp3) is 0.357. The van der Waals surface area contributed by atoms with E-state index in [4.69, 9.17) is 23.4 Å². The first-order valence-electron chi connectivity index (χ1n) is 6.90. The van der Waals surface area contributed by atoms with Crippen LogP contribution >= 0.6 is 22.7 Å². The van der Waals surface area contributed by atoms with Gasteiger partial charge in [-0.15, -0.1) is 10.2 Å². The van der Waals surface area contributed by atoms with Crippen LogP contribution in [0.2, 0.25) is 0 Å². The monoisotopic (exact) mass is 375 g/mol. The SMILES string of the molecule is [O-][Cl+3]([O-])([O-])[O-].c1ccc2c(c1)Cc1sc(=[N+]3CCOCC3)sc1-2. The third-order valence-corrected chi connectivity index (χ3v) is 6.30. The molecule has 1 aromatic heterocycles. The van der Waals surface area contributed by atoms with Crippen LogP contribution in [0, 0.1) is 10.2 Å². The summed E-state index contributed by atoms with van der Waals surface area (Å²) in [6.45, 7) is 3.81. The Hall–Kier alpha value is -0.840. The summed E-state index contributed by atoms with van der Waals surface area (Å²) < 4.78 is 43.3. The number of ether oxygens (including phenoxy) is 1. The van der Waals surface area contributed by atoms with Crippen molar-refractivity contribution >= 4 is 22.7 Å². The molecule has 124 valence electrons. The molecule has 0 amide bonds. The van der Waals surface area contributed by atoms with E-state index in [2.05, 4.69) is 28.8 Å². The summed E-state index contributed by atoms with van der Waals surface area (Å²) in [5.74, 6) is 0. The van der Waals surface area contributed by atoms with Crippen LogP contribution in [0.3, 0.4) is 0 Å². The smallest absolute Gasteiger partial charge is 0.314 e. The van der Waals surface area contributed by atoms with Gasteiger partial charge in [0.15, 0.2) is 13.1 Å². The molecular formula is C14H14ClNO5S2. The van der Waals surface area contributed by atoms with Gasteiger partial charge in [0.2, 0.25) is 0 Å². The molecule has 0 atom stereocenters. The lowest BCUT2D eigenvalue weighted by molar-refractivity contribution is -2.00. The van der Waals surface area contributed by atoms with Crippen LogP contribution in [-0.4, -0.2) is 26.3 Å². The van der Waals surface area contributed by atoms with Crippen LogP contribution in [0.4, 0.5) is 0 Å². The molecular weight excluding hydrogens is 362 g/mol. The minimum absolute atomic E-state index is 0.867. The van der Waals surface area contributed by atoms with Crippen molar-refractivity contribution in [1.29, 1.82) is 0 Å². The third kappa shape index (κ3) is 4.37. The molecule has 1 aliphatic heterocycles. The zero-order chi connectivity index (χ0) is 16.4. The van der Waals surface area contributed by atoms with Crippen LogP contribution in [0.15, 0.2) is 24.3 Å². The van der Waals surface area contributed by atoms with E-state index >= 15 is 0 Å². The van der Waals surface area contributed by atoms with Gasteiger partial charge in [-0.2, -0.15) is 0 Å². The van der Waals surface area contributed by atoms with Crippen molar-refractivity contribution in [2.45, 2.75) is 6.42 Å². The Bertz CT molecular complexity index is 751. The maximum absolute atomic E-state index is 8.49. The first kappa shape index (κ1) is 17.0. The Morgan fingerprint density at radius 3 is 2.35 bits per heavy atom. The molecule has 0 spiro atoms. The van der Waals surface area contributed by atoms with Gasteiger partial charge in [0.05, 0.1) is 4.88 Å². The largest absolute Gasteiger partial charge is 0.368 e. The van der Waals surface area contributed by atoms with Crippen LogP contribution in [-0.2, 0) is 11.2 Å². The number of rotatable bonds is 0. The molecule has 0 unspecified atom stereocenters. The predicted octanol–water partition coefficient (Wildman–Crippen LogP) is -2.57. The lowest BCUT2D eigenvalue weighted by atomic mass is 10.1. The van der Waals surface area contributed by atoms with Gasteiger partial charge in [-0.1, -0.05) is 46.9 Å². The third-order valence-electron chi connectivity index (χ3n) is 3.54. The second-order valence-corrected chi connectivity index (χ2v) is 8.13. The van der Waals surface area contributed by atoms with Gasteiger partial charge >= 0.3 is 3.98 Å². The second kappa shape index (κ2) is 6.96. The minimum Gasteiger partial charge on any atom is -0.368 e. The minimum atomic E-state index is -4.94. The van der Waals surface area contributed by atoms with E-state index in [0.717, 1.165) is 32.7 Å². The summed E-state index contributed by atoms with van der Waals surface area (Å²) in [6, 6.07) is 8.80. The van der Waals surface area contributed by atoms with Gasteiger partial charge in [-0.3, -0.25) is 0 Å². The Kier molecular flexibility index (Phi) is 5.14. The maximum Gasteiger partial charge on any atom is 0.314 e. The number of morpholine rings is 1. The van der Waals surface area contributed by atoms with Crippen LogP contribution in [0.5, 0.6) is 0 Å². The Balaban J connectivity index is 0.000000276. The van der Waals surface area contributed by atoms with E-state index < -0.39 is 10.2 Å². The summed E-state index contributed by atoms with van der Waals surface area (Å²) in [5.41, 5.74) is 2.94. The summed E-state index contributed by atoms with van der Waals surface area (Å²) in [4.78, 5) is 3.04. The molecule has 4 rings (SSSR count). The quantitative estimate of drug-likeness (QED) is 0.402. The zero-order valence-corrected chi connectivity index (χ0v) is 14.4. The molecule has 1 aromatic carbocycles. The molecule has 2 aliphatic rings. The summed E-state index contributed by atoms with van der Waals surface area (Å²) in [5, 5.41) is 0. The van der Waals surface area contributed by atoms with Crippen molar-refractivity contribution in [2.24, 2.45) is 0 Å². The fourth-order valence-corrected chi connectivity index (χ4v) is 5.48. The van der Waals surface area contributed by atoms with E-state index in [9.17, 15) is 0 Å². The first-order valence-corrected chi connectivity index (χ1v) is 9.77. The average Bonchev–Trinajstić information content (AvgIpc) is 3.04. The number of fused-ring (bicyclic) bond motifs is 3. The Morgan fingerprint density at radius 2 is 1.65 bits per heavy atom. The molecule has 0 bridgehead atoms. The molecule has 0 N–H and O–H groups in total. The summed E-state index contributed by atoms with van der Waals surface area (Å²) >= 11 is 3.93. The average molecular weight is 376 g/mol. The number of hydrogen-bond acceptors (Lipinski definition) is 7. The first-order chi connectivity index (χ1) is 10.9. The summed E-state index contributed by atoms with van der Waals surface area (Å²) in [6.07, 6.45) is 1.12. The topological polar surface area (TPSA) is 104 Å². The fourth-order valence-electron chi connectivity index (χ4n) is 2.58. The Labute approximate surface area is 142 Å². The number of hydrogen-bond donors (Lipinski definition) is 0. The van der Waals surface area contributed by atoms with E-state index in [1.807, 2.05) is 22.7 Å². The molecule has 1 aliphatic carbocycles. The van der Waals surface area contributed by atoms with E-state index in [0.29, 0.717) is 0 Å². The predicted molar refractivity (Wildman–Crippen MR) is 76.3 cm³/mol. The van der Waals surface area contributed by atoms with E-state index in [1.165, 1.54) is 20.0 Å². The number of nitrogens with zero attached hydrogens (tertiary/aromatic N) is 1. The van der Waals surface area contributed by atoms with Gasteiger partial charge in [0, 0.05) is 11.3 Å². The van der Waals surface area contributed by atoms with Crippen molar-refractivity contribution in [2.75, 3.05) is 26.3 Å².